The number of hydrogen-bond acceptors (Lipinski definition) is 2. The number of aryl methyl sites for hydroxylation is 2. The Kier molecular flexibility index (Phi) is 4.13. The molecule has 0 fully saturated rings. The number of benzene rings is 1. The first-order valence-electron chi connectivity index (χ1n) is 5.78. The van der Waals surface area contributed by atoms with Gasteiger partial charge < -0.3 is 5.32 Å². The van der Waals surface area contributed by atoms with E-state index in [9.17, 15) is 13.6 Å². The second kappa shape index (κ2) is 5.66. The number of amides is 1. The lowest BCUT2D eigenvalue weighted by atomic mass is 10.1. The van der Waals surface area contributed by atoms with Gasteiger partial charge in [0.2, 0.25) is 0 Å². The third-order valence-corrected chi connectivity index (χ3v) is 3.59. The van der Waals surface area contributed by atoms with E-state index in [0.717, 1.165) is 4.47 Å². The van der Waals surface area contributed by atoms with Crippen molar-refractivity contribution in [2.75, 3.05) is 5.32 Å². The molecule has 0 bridgehead atoms. The fourth-order valence-electron chi connectivity index (χ4n) is 1.63. The maximum atomic E-state index is 13.6. The van der Waals surface area contributed by atoms with Crippen molar-refractivity contribution in [1.29, 1.82) is 0 Å². The molecule has 0 aliphatic carbocycles. The Hall–Kier alpha value is -1.82. The average Bonchev–Trinajstić information content (AvgIpc) is 2.38. The Morgan fingerprint density at radius 2 is 1.90 bits per heavy atom. The molecule has 3 nitrogen and oxygen atoms in total. The Labute approximate surface area is 123 Å². The van der Waals surface area contributed by atoms with Gasteiger partial charge in [-0.1, -0.05) is 0 Å². The summed E-state index contributed by atoms with van der Waals surface area (Å²) in [6.45, 7) is 3.23. The van der Waals surface area contributed by atoms with Crippen LogP contribution < -0.4 is 5.32 Å². The number of carbonyl (C=O) groups is 1. The first kappa shape index (κ1) is 14.6. The van der Waals surface area contributed by atoms with Gasteiger partial charge in [0, 0.05) is 10.5 Å². The molecule has 0 aliphatic heterocycles. The average molecular weight is 341 g/mol. The number of pyridine rings is 1. The Morgan fingerprint density at radius 3 is 2.55 bits per heavy atom. The van der Waals surface area contributed by atoms with Gasteiger partial charge in [-0.15, -0.1) is 0 Å². The molecule has 1 aromatic carbocycles. The van der Waals surface area contributed by atoms with Crippen molar-refractivity contribution < 1.29 is 13.6 Å². The summed E-state index contributed by atoms with van der Waals surface area (Å²) in [6.07, 6.45) is 0. The minimum atomic E-state index is -0.903. The molecular formula is C14H11BrF2N2O. The molecule has 0 saturated heterocycles. The number of halogens is 3. The number of rotatable bonds is 2. The standard InChI is InChI=1S/C14H11BrF2N2O/c1-7-5-9(12(17)6-11(7)16)14(20)19-13-4-3-10(15)8(2)18-13/h3-6H,1-2H3,(H,18,19,20). The smallest absolute Gasteiger partial charge is 0.259 e. The highest BCUT2D eigenvalue weighted by Crippen LogP contribution is 2.18. The minimum absolute atomic E-state index is 0.205. The quantitative estimate of drug-likeness (QED) is 0.897. The van der Waals surface area contributed by atoms with Crippen molar-refractivity contribution in [2.24, 2.45) is 0 Å². The highest BCUT2D eigenvalue weighted by atomic mass is 79.9. The van der Waals surface area contributed by atoms with E-state index in [-0.39, 0.29) is 11.1 Å². The lowest BCUT2D eigenvalue weighted by Gasteiger charge is -2.08. The van der Waals surface area contributed by atoms with Crippen molar-refractivity contribution in [2.45, 2.75) is 13.8 Å². The van der Waals surface area contributed by atoms with Crippen LogP contribution in [0.2, 0.25) is 0 Å². The molecular weight excluding hydrogens is 330 g/mol. The Morgan fingerprint density at radius 1 is 1.20 bits per heavy atom. The maximum absolute atomic E-state index is 13.6. The van der Waals surface area contributed by atoms with E-state index < -0.39 is 17.5 Å². The third kappa shape index (κ3) is 3.01. The molecule has 0 radical (unpaired) electrons. The molecule has 1 heterocycles. The molecule has 1 aromatic heterocycles. The molecule has 104 valence electrons. The van der Waals surface area contributed by atoms with Crippen molar-refractivity contribution in [1.82, 2.24) is 4.98 Å². The van der Waals surface area contributed by atoms with E-state index in [1.54, 1.807) is 19.1 Å². The number of anilines is 1. The van der Waals surface area contributed by atoms with Gasteiger partial charge in [-0.2, -0.15) is 0 Å². The largest absolute Gasteiger partial charge is 0.306 e. The molecule has 2 aromatic rings. The number of carbonyl (C=O) groups excluding carboxylic acids is 1. The summed E-state index contributed by atoms with van der Waals surface area (Å²) in [7, 11) is 0. The van der Waals surface area contributed by atoms with E-state index in [2.05, 4.69) is 26.2 Å². The Balaban J connectivity index is 2.28. The summed E-state index contributed by atoms with van der Waals surface area (Å²) < 4.78 is 27.6. The van der Waals surface area contributed by atoms with Crippen LogP contribution in [0.15, 0.2) is 28.7 Å². The van der Waals surface area contributed by atoms with Gasteiger partial charge in [0.25, 0.3) is 5.91 Å². The van der Waals surface area contributed by atoms with Crippen LogP contribution >= 0.6 is 15.9 Å². The molecule has 6 heteroatoms. The molecule has 1 N–H and O–H groups in total. The monoisotopic (exact) mass is 340 g/mol. The molecule has 0 aliphatic rings. The van der Waals surface area contributed by atoms with Gasteiger partial charge >= 0.3 is 0 Å². The normalized spacial score (nSPS) is 10.4. The maximum Gasteiger partial charge on any atom is 0.259 e. The van der Waals surface area contributed by atoms with E-state index in [1.165, 1.54) is 13.0 Å². The molecule has 0 saturated carbocycles. The summed E-state index contributed by atoms with van der Waals surface area (Å²) in [6, 6.07) is 5.18. The highest BCUT2D eigenvalue weighted by Gasteiger charge is 2.15. The Bertz CT molecular complexity index is 689. The van der Waals surface area contributed by atoms with Gasteiger partial charge in [0.15, 0.2) is 0 Å². The summed E-state index contributed by atoms with van der Waals surface area (Å²) in [4.78, 5) is 16.1. The number of hydrogen-bond donors (Lipinski definition) is 1. The van der Waals surface area contributed by atoms with Crippen LogP contribution in [0.3, 0.4) is 0 Å². The third-order valence-electron chi connectivity index (χ3n) is 2.76. The summed E-state index contributed by atoms with van der Waals surface area (Å²) in [5, 5.41) is 2.48. The number of nitrogens with one attached hydrogen (secondary N) is 1. The molecule has 0 spiro atoms. The fraction of sp³-hybridized carbons (Fsp3) is 0.143. The van der Waals surface area contributed by atoms with E-state index in [0.29, 0.717) is 17.6 Å². The molecule has 20 heavy (non-hydrogen) atoms. The fourth-order valence-corrected chi connectivity index (χ4v) is 1.85. The predicted octanol–water partition coefficient (Wildman–Crippen LogP) is 3.99. The van der Waals surface area contributed by atoms with E-state index in [1.807, 2.05) is 0 Å². The van der Waals surface area contributed by atoms with E-state index >= 15 is 0 Å². The lowest BCUT2D eigenvalue weighted by molar-refractivity contribution is 0.102. The zero-order chi connectivity index (χ0) is 14.9. The highest BCUT2D eigenvalue weighted by molar-refractivity contribution is 9.10. The van der Waals surface area contributed by atoms with Crippen molar-refractivity contribution in [3.8, 4) is 0 Å². The second-order valence-electron chi connectivity index (χ2n) is 4.30. The van der Waals surface area contributed by atoms with Gasteiger partial charge in [0.1, 0.15) is 17.5 Å². The zero-order valence-corrected chi connectivity index (χ0v) is 12.4. The number of nitrogens with zero attached hydrogens (tertiary/aromatic N) is 1. The van der Waals surface area contributed by atoms with Gasteiger partial charge in [-0.25, -0.2) is 13.8 Å². The minimum Gasteiger partial charge on any atom is -0.306 e. The van der Waals surface area contributed by atoms with Crippen LogP contribution in [-0.4, -0.2) is 10.9 Å². The summed E-state index contributed by atoms with van der Waals surface area (Å²) in [5.74, 6) is -1.95. The van der Waals surface area contributed by atoms with Crippen molar-refractivity contribution in [3.63, 3.8) is 0 Å². The topological polar surface area (TPSA) is 42.0 Å². The molecule has 0 unspecified atom stereocenters. The van der Waals surface area contributed by atoms with Crippen molar-refractivity contribution >= 4 is 27.7 Å². The van der Waals surface area contributed by atoms with Crippen LogP contribution in [0.1, 0.15) is 21.6 Å². The van der Waals surface area contributed by atoms with Crippen molar-refractivity contribution in [3.05, 3.63) is 57.2 Å². The van der Waals surface area contributed by atoms with Crippen LogP contribution in [-0.2, 0) is 0 Å². The van der Waals surface area contributed by atoms with Gasteiger partial charge in [-0.3, -0.25) is 4.79 Å². The zero-order valence-electron chi connectivity index (χ0n) is 10.8. The van der Waals surface area contributed by atoms with Crippen LogP contribution in [0.5, 0.6) is 0 Å². The molecule has 0 atom stereocenters. The lowest BCUT2D eigenvalue weighted by Crippen LogP contribution is -2.15. The van der Waals surface area contributed by atoms with E-state index in [4.69, 9.17) is 0 Å². The van der Waals surface area contributed by atoms with Crippen LogP contribution in [0.4, 0.5) is 14.6 Å². The number of aromatic nitrogens is 1. The summed E-state index contributed by atoms with van der Waals surface area (Å²) in [5.41, 5.74) is 0.682. The molecule has 2 rings (SSSR count). The van der Waals surface area contributed by atoms with Gasteiger partial charge in [0.05, 0.1) is 11.3 Å². The van der Waals surface area contributed by atoms with Gasteiger partial charge in [-0.05, 0) is 53.5 Å². The predicted molar refractivity (Wildman–Crippen MR) is 75.7 cm³/mol. The summed E-state index contributed by atoms with van der Waals surface area (Å²) >= 11 is 3.29. The van der Waals surface area contributed by atoms with Crippen LogP contribution in [0, 0.1) is 25.5 Å². The first-order chi connectivity index (χ1) is 9.38. The molecule has 1 amide bonds. The SMILES string of the molecule is Cc1cc(C(=O)Nc2ccc(Br)c(C)n2)c(F)cc1F. The van der Waals surface area contributed by atoms with Crippen LogP contribution in [0.25, 0.3) is 0 Å². The second-order valence-corrected chi connectivity index (χ2v) is 5.15. The first-order valence-corrected chi connectivity index (χ1v) is 6.58.